The number of hydrogen-bond acceptors (Lipinski definition) is 4. The largest absolute Gasteiger partial charge is 0.493 e. The van der Waals surface area contributed by atoms with Crippen molar-refractivity contribution in [2.75, 3.05) is 19.5 Å². The van der Waals surface area contributed by atoms with Crippen molar-refractivity contribution in [2.24, 2.45) is 0 Å². The second-order valence-corrected chi connectivity index (χ2v) is 6.12. The van der Waals surface area contributed by atoms with E-state index in [4.69, 9.17) is 9.47 Å². The Bertz CT molecular complexity index is 819. The molecule has 0 aliphatic carbocycles. The highest BCUT2D eigenvalue weighted by Crippen LogP contribution is 2.31. The van der Waals surface area contributed by atoms with Gasteiger partial charge >= 0.3 is 0 Å². The number of hydrogen-bond donors (Lipinski definition) is 2. The molecule has 26 heavy (non-hydrogen) atoms. The van der Waals surface area contributed by atoms with Gasteiger partial charge in [-0.05, 0) is 29.7 Å². The van der Waals surface area contributed by atoms with Crippen molar-refractivity contribution >= 4 is 17.5 Å². The summed E-state index contributed by atoms with van der Waals surface area (Å²) in [5.41, 5.74) is 2.72. The number of para-hydroxylation sites is 2. The van der Waals surface area contributed by atoms with Crippen molar-refractivity contribution in [1.82, 2.24) is 5.32 Å². The maximum Gasteiger partial charge on any atom is 0.247 e. The van der Waals surface area contributed by atoms with E-state index in [1.807, 2.05) is 42.5 Å². The number of carbonyl (C=O) groups excluding carboxylic acids is 2. The number of anilines is 1. The molecule has 0 radical (unpaired) electrons. The first-order chi connectivity index (χ1) is 12.6. The molecule has 0 bridgehead atoms. The Morgan fingerprint density at radius 1 is 1.15 bits per heavy atom. The van der Waals surface area contributed by atoms with Crippen molar-refractivity contribution < 1.29 is 19.1 Å². The van der Waals surface area contributed by atoms with Gasteiger partial charge in [0.05, 0.1) is 14.2 Å². The van der Waals surface area contributed by atoms with Crippen molar-refractivity contribution in [1.29, 1.82) is 0 Å². The van der Waals surface area contributed by atoms with Crippen molar-refractivity contribution in [3.8, 4) is 11.5 Å². The van der Waals surface area contributed by atoms with E-state index in [0.29, 0.717) is 24.3 Å². The summed E-state index contributed by atoms with van der Waals surface area (Å²) >= 11 is 0. The molecule has 2 aromatic carbocycles. The summed E-state index contributed by atoms with van der Waals surface area (Å²) in [4.78, 5) is 24.5. The fraction of sp³-hybridized carbons (Fsp3) is 0.300. The predicted octanol–water partition coefficient (Wildman–Crippen LogP) is 2.32. The van der Waals surface area contributed by atoms with E-state index in [2.05, 4.69) is 10.6 Å². The molecule has 136 valence electrons. The van der Waals surface area contributed by atoms with E-state index in [-0.39, 0.29) is 18.2 Å². The molecular weight excluding hydrogens is 332 g/mol. The Hall–Kier alpha value is -3.02. The summed E-state index contributed by atoms with van der Waals surface area (Å²) in [5, 5.41) is 5.66. The molecule has 3 rings (SSSR count). The Balaban J connectivity index is 1.61. The second-order valence-electron chi connectivity index (χ2n) is 6.12. The molecule has 0 fully saturated rings. The zero-order valence-corrected chi connectivity index (χ0v) is 14.9. The highest BCUT2D eigenvalue weighted by Gasteiger charge is 2.27. The van der Waals surface area contributed by atoms with Crippen LogP contribution in [0, 0.1) is 0 Å². The highest BCUT2D eigenvalue weighted by atomic mass is 16.5. The van der Waals surface area contributed by atoms with Gasteiger partial charge in [0.2, 0.25) is 11.8 Å². The standard InChI is InChI=1S/C20H22N2O4/c1-25-17-9-5-7-13(19(17)26-2)10-11-18(23)21-16-12-14-6-3-4-8-15(14)22-20(16)24/h3-9,16H,10-12H2,1-2H3,(H,21,23)(H,22,24)/t16-/m0/s1. The highest BCUT2D eigenvalue weighted by molar-refractivity contribution is 6.00. The Labute approximate surface area is 152 Å². The van der Waals surface area contributed by atoms with E-state index in [1.165, 1.54) is 0 Å². The molecule has 1 atom stereocenters. The van der Waals surface area contributed by atoms with Crippen LogP contribution < -0.4 is 20.1 Å². The molecule has 1 heterocycles. The fourth-order valence-corrected chi connectivity index (χ4v) is 3.13. The SMILES string of the molecule is COc1cccc(CCC(=O)N[C@H]2Cc3ccccc3NC2=O)c1OC. The number of aryl methyl sites for hydroxylation is 1. The quantitative estimate of drug-likeness (QED) is 0.835. The van der Waals surface area contributed by atoms with Crippen molar-refractivity contribution in [3.05, 3.63) is 53.6 Å². The van der Waals surface area contributed by atoms with E-state index in [0.717, 1.165) is 16.8 Å². The molecular formula is C20H22N2O4. The van der Waals surface area contributed by atoms with Crippen LogP contribution in [0.15, 0.2) is 42.5 Å². The summed E-state index contributed by atoms with van der Waals surface area (Å²) in [7, 11) is 3.15. The minimum Gasteiger partial charge on any atom is -0.493 e. The van der Waals surface area contributed by atoms with Gasteiger partial charge in [-0.1, -0.05) is 30.3 Å². The summed E-state index contributed by atoms with van der Waals surface area (Å²) in [6.07, 6.45) is 1.25. The van der Waals surface area contributed by atoms with Gasteiger partial charge in [-0.25, -0.2) is 0 Å². The molecule has 0 aromatic heterocycles. The van der Waals surface area contributed by atoms with Crippen LogP contribution in [0.1, 0.15) is 17.5 Å². The maximum atomic E-state index is 12.3. The number of amides is 2. The minimum absolute atomic E-state index is 0.172. The van der Waals surface area contributed by atoms with E-state index in [1.54, 1.807) is 14.2 Å². The third-order valence-electron chi connectivity index (χ3n) is 4.46. The molecule has 0 unspecified atom stereocenters. The Morgan fingerprint density at radius 3 is 2.73 bits per heavy atom. The summed E-state index contributed by atoms with van der Waals surface area (Å²) < 4.78 is 10.7. The zero-order chi connectivity index (χ0) is 18.5. The molecule has 2 aromatic rings. The normalized spacial score (nSPS) is 15.6. The summed E-state index contributed by atoms with van der Waals surface area (Å²) in [6, 6.07) is 12.6. The average molecular weight is 354 g/mol. The Morgan fingerprint density at radius 2 is 1.96 bits per heavy atom. The first-order valence-electron chi connectivity index (χ1n) is 8.50. The molecule has 1 aliphatic heterocycles. The van der Waals surface area contributed by atoms with Crippen LogP contribution in [-0.2, 0) is 22.4 Å². The topological polar surface area (TPSA) is 76.7 Å². The van der Waals surface area contributed by atoms with Crippen LogP contribution in [0.5, 0.6) is 11.5 Å². The summed E-state index contributed by atoms with van der Waals surface area (Å²) in [5.74, 6) is 0.909. The van der Waals surface area contributed by atoms with E-state index >= 15 is 0 Å². The molecule has 1 aliphatic rings. The third-order valence-corrected chi connectivity index (χ3v) is 4.46. The molecule has 2 amide bonds. The van der Waals surface area contributed by atoms with Gasteiger partial charge in [0.25, 0.3) is 0 Å². The van der Waals surface area contributed by atoms with Crippen LogP contribution in [0.25, 0.3) is 0 Å². The summed E-state index contributed by atoms with van der Waals surface area (Å²) in [6.45, 7) is 0. The van der Waals surface area contributed by atoms with E-state index < -0.39 is 6.04 Å². The lowest BCUT2D eigenvalue weighted by molar-refractivity contribution is -0.126. The predicted molar refractivity (Wildman–Crippen MR) is 98.6 cm³/mol. The van der Waals surface area contributed by atoms with Gasteiger partial charge in [-0.15, -0.1) is 0 Å². The van der Waals surface area contributed by atoms with Gasteiger partial charge < -0.3 is 20.1 Å². The zero-order valence-electron chi connectivity index (χ0n) is 14.9. The number of nitrogens with one attached hydrogen (secondary N) is 2. The number of carbonyl (C=O) groups is 2. The van der Waals surface area contributed by atoms with Gasteiger partial charge in [0.1, 0.15) is 6.04 Å². The van der Waals surface area contributed by atoms with Gasteiger partial charge in [-0.3, -0.25) is 9.59 Å². The lowest BCUT2D eigenvalue weighted by atomic mass is 9.98. The average Bonchev–Trinajstić information content (AvgIpc) is 2.66. The number of rotatable bonds is 6. The van der Waals surface area contributed by atoms with Gasteiger partial charge in [0.15, 0.2) is 11.5 Å². The van der Waals surface area contributed by atoms with Crippen LogP contribution in [-0.4, -0.2) is 32.1 Å². The molecule has 6 nitrogen and oxygen atoms in total. The smallest absolute Gasteiger partial charge is 0.247 e. The molecule has 2 N–H and O–H groups in total. The monoisotopic (exact) mass is 354 g/mol. The van der Waals surface area contributed by atoms with Crippen LogP contribution in [0.3, 0.4) is 0 Å². The first-order valence-corrected chi connectivity index (χ1v) is 8.50. The molecule has 0 saturated heterocycles. The minimum atomic E-state index is -0.551. The van der Waals surface area contributed by atoms with Gasteiger partial charge in [0, 0.05) is 18.5 Å². The third kappa shape index (κ3) is 3.79. The molecule has 6 heteroatoms. The fourth-order valence-electron chi connectivity index (χ4n) is 3.13. The second kappa shape index (κ2) is 7.91. The van der Waals surface area contributed by atoms with Crippen molar-refractivity contribution in [3.63, 3.8) is 0 Å². The maximum absolute atomic E-state index is 12.3. The van der Waals surface area contributed by atoms with Crippen LogP contribution >= 0.6 is 0 Å². The number of benzene rings is 2. The lowest BCUT2D eigenvalue weighted by Gasteiger charge is -2.25. The van der Waals surface area contributed by atoms with Gasteiger partial charge in [-0.2, -0.15) is 0 Å². The molecule has 0 saturated carbocycles. The number of methoxy groups -OCH3 is 2. The number of ether oxygens (including phenoxy) is 2. The number of fused-ring (bicyclic) bond motifs is 1. The van der Waals surface area contributed by atoms with E-state index in [9.17, 15) is 9.59 Å². The lowest BCUT2D eigenvalue weighted by Crippen LogP contribution is -2.47. The first kappa shape index (κ1) is 17.8. The van der Waals surface area contributed by atoms with Crippen molar-refractivity contribution in [2.45, 2.75) is 25.3 Å². The van der Waals surface area contributed by atoms with Crippen LogP contribution in [0.2, 0.25) is 0 Å². The Kier molecular flexibility index (Phi) is 5.41. The van der Waals surface area contributed by atoms with Crippen LogP contribution in [0.4, 0.5) is 5.69 Å². The molecule has 0 spiro atoms.